The van der Waals surface area contributed by atoms with E-state index < -0.39 is 11.4 Å². The Hall–Kier alpha value is -0.650. The van der Waals surface area contributed by atoms with E-state index >= 15 is 0 Å². The molecule has 124 valence electrons. The third-order valence-corrected chi connectivity index (χ3v) is 4.13. The minimum Gasteiger partial charge on any atom is -0.481 e. The molecule has 0 amide bonds. The molecule has 1 rings (SSSR count). The van der Waals surface area contributed by atoms with E-state index in [1.165, 1.54) is 0 Å². The number of aliphatic carboxylic acids is 1. The SMILES string of the molecule is CCCCOCCOCCOCCC1(C(=O)O)CCCC1. The van der Waals surface area contributed by atoms with Crippen LogP contribution in [0.25, 0.3) is 0 Å². The topological polar surface area (TPSA) is 65.0 Å². The number of hydrogen-bond acceptors (Lipinski definition) is 4. The van der Waals surface area contributed by atoms with Crippen molar-refractivity contribution in [3.63, 3.8) is 0 Å². The monoisotopic (exact) mass is 302 g/mol. The molecule has 0 unspecified atom stereocenters. The highest BCUT2D eigenvalue weighted by molar-refractivity contribution is 5.74. The van der Waals surface area contributed by atoms with Gasteiger partial charge in [-0.25, -0.2) is 0 Å². The average Bonchev–Trinajstić information content (AvgIpc) is 2.95. The van der Waals surface area contributed by atoms with Gasteiger partial charge in [-0.05, 0) is 25.7 Å². The van der Waals surface area contributed by atoms with Crippen molar-refractivity contribution in [1.29, 1.82) is 0 Å². The molecule has 0 aliphatic heterocycles. The van der Waals surface area contributed by atoms with Gasteiger partial charge in [0.1, 0.15) is 0 Å². The molecule has 0 saturated heterocycles. The average molecular weight is 302 g/mol. The summed E-state index contributed by atoms with van der Waals surface area (Å²) in [6.45, 7) is 5.71. The third kappa shape index (κ3) is 7.25. The summed E-state index contributed by atoms with van der Waals surface area (Å²) in [5.41, 5.74) is -0.534. The molecule has 5 heteroatoms. The van der Waals surface area contributed by atoms with Crippen LogP contribution in [-0.2, 0) is 19.0 Å². The molecule has 1 N–H and O–H groups in total. The molecule has 0 aromatic carbocycles. The summed E-state index contributed by atoms with van der Waals surface area (Å²) in [4.78, 5) is 11.3. The van der Waals surface area contributed by atoms with Gasteiger partial charge in [-0.1, -0.05) is 26.2 Å². The number of hydrogen-bond donors (Lipinski definition) is 1. The summed E-state index contributed by atoms with van der Waals surface area (Å²) in [5, 5.41) is 9.33. The highest BCUT2D eigenvalue weighted by Crippen LogP contribution is 2.41. The van der Waals surface area contributed by atoms with Crippen molar-refractivity contribution in [3.05, 3.63) is 0 Å². The van der Waals surface area contributed by atoms with Crippen LogP contribution in [0.1, 0.15) is 51.9 Å². The molecule has 0 spiro atoms. The number of unbranched alkanes of at least 4 members (excludes halogenated alkanes) is 1. The summed E-state index contributed by atoms with van der Waals surface area (Å²) in [6, 6.07) is 0. The van der Waals surface area contributed by atoms with Crippen molar-refractivity contribution in [2.45, 2.75) is 51.9 Å². The van der Waals surface area contributed by atoms with Crippen LogP contribution < -0.4 is 0 Å². The van der Waals surface area contributed by atoms with E-state index in [2.05, 4.69) is 6.92 Å². The first kappa shape index (κ1) is 18.4. The molecule has 5 nitrogen and oxygen atoms in total. The second-order valence-corrected chi connectivity index (χ2v) is 5.73. The largest absolute Gasteiger partial charge is 0.481 e. The van der Waals surface area contributed by atoms with Crippen LogP contribution in [-0.4, -0.2) is 50.7 Å². The van der Waals surface area contributed by atoms with Gasteiger partial charge >= 0.3 is 5.97 Å². The van der Waals surface area contributed by atoms with E-state index in [-0.39, 0.29) is 0 Å². The fourth-order valence-corrected chi connectivity index (χ4v) is 2.68. The van der Waals surface area contributed by atoms with Crippen LogP contribution in [0.5, 0.6) is 0 Å². The smallest absolute Gasteiger partial charge is 0.309 e. The van der Waals surface area contributed by atoms with Gasteiger partial charge in [0.15, 0.2) is 0 Å². The number of carboxylic acid groups (broad SMARTS) is 1. The van der Waals surface area contributed by atoms with Crippen LogP contribution in [0, 0.1) is 5.41 Å². The van der Waals surface area contributed by atoms with Crippen LogP contribution in [0.15, 0.2) is 0 Å². The van der Waals surface area contributed by atoms with Crippen molar-refractivity contribution in [3.8, 4) is 0 Å². The quantitative estimate of drug-likeness (QED) is 0.530. The molecule has 1 aliphatic rings. The molecule has 1 saturated carbocycles. The van der Waals surface area contributed by atoms with E-state index in [0.717, 1.165) is 45.1 Å². The maximum atomic E-state index is 11.3. The highest BCUT2D eigenvalue weighted by Gasteiger charge is 2.40. The van der Waals surface area contributed by atoms with Crippen molar-refractivity contribution >= 4 is 5.97 Å². The summed E-state index contributed by atoms with van der Waals surface area (Å²) in [6.07, 6.45) is 6.47. The zero-order valence-electron chi connectivity index (χ0n) is 13.3. The molecule has 1 fully saturated rings. The van der Waals surface area contributed by atoms with Crippen molar-refractivity contribution in [1.82, 2.24) is 0 Å². The maximum absolute atomic E-state index is 11.3. The molecule has 0 atom stereocenters. The van der Waals surface area contributed by atoms with Gasteiger partial charge in [-0.15, -0.1) is 0 Å². The molecule has 0 radical (unpaired) electrons. The summed E-state index contributed by atoms with van der Waals surface area (Å²) in [7, 11) is 0. The zero-order chi connectivity index (χ0) is 15.4. The van der Waals surface area contributed by atoms with Gasteiger partial charge in [0.2, 0.25) is 0 Å². The van der Waals surface area contributed by atoms with Crippen LogP contribution in [0.3, 0.4) is 0 Å². The number of ether oxygens (including phenoxy) is 3. The lowest BCUT2D eigenvalue weighted by Crippen LogP contribution is -2.29. The van der Waals surface area contributed by atoms with Crippen LogP contribution >= 0.6 is 0 Å². The van der Waals surface area contributed by atoms with E-state index in [4.69, 9.17) is 14.2 Å². The van der Waals surface area contributed by atoms with Crippen molar-refractivity contribution in [2.75, 3.05) is 39.6 Å². The lowest BCUT2D eigenvalue weighted by molar-refractivity contribution is -0.150. The predicted octanol–water partition coefficient (Wildman–Crippen LogP) is 2.87. The first-order chi connectivity index (χ1) is 10.2. The number of carbonyl (C=O) groups is 1. The molecule has 0 aromatic rings. The van der Waals surface area contributed by atoms with Crippen molar-refractivity contribution in [2.24, 2.45) is 5.41 Å². The molecule has 0 aromatic heterocycles. The standard InChI is InChI=1S/C16H30O5/c1-2-3-9-19-11-13-21-14-12-20-10-8-16(15(17)18)6-4-5-7-16/h2-14H2,1H3,(H,17,18). The van der Waals surface area contributed by atoms with Gasteiger partial charge in [0, 0.05) is 13.2 Å². The van der Waals surface area contributed by atoms with E-state index in [0.29, 0.717) is 39.5 Å². The van der Waals surface area contributed by atoms with E-state index in [9.17, 15) is 9.90 Å². The van der Waals surface area contributed by atoms with Gasteiger partial charge in [-0.3, -0.25) is 4.79 Å². The first-order valence-corrected chi connectivity index (χ1v) is 8.18. The maximum Gasteiger partial charge on any atom is 0.309 e. The Morgan fingerprint density at radius 1 is 0.952 bits per heavy atom. The Morgan fingerprint density at radius 2 is 1.48 bits per heavy atom. The van der Waals surface area contributed by atoms with Crippen LogP contribution in [0.2, 0.25) is 0 Å². The second kappa shape index (κ2) is 11.0. The molecule has 1 aliphatic carbocycles. The van der Waals surface area contributed by atoms with E-state index in [1.54, 1.807) is 0 Å². The minimum absolute atomic E-state index is 0.503. The number of rotatable bonds is 13. The number of carboxylic acids is 1. The van der Waals surface area contributed by atoms with Gasteiger partial charge in [0.05, 0.1) is 31.8 Å². The summed E-state index contributed by atoms with van der Waals surface area (Å²) in [5.74, 6) is -0.663. The fraction of sp³-hybridized carbons (Fsp3) is 0.938. The Balaban J connectivity index is 1.91. The Morgan fingerprint density at radius 3 is 2.00 bits per heavy atom. The fourth-order valence-electron chi connectivity index (χ4n) is 2.68. The molecule has 21 heavy (non-hydrogen) atoms. The Kier molecular flexibility index (Phi) is 9.63. The molecular formula is C16H30O5. The predicted molar refractivity (Wildman–Crippen MR) is 80.5 cm³/mol. The van der Waals surface area contributed by atoms with Crippen molar-refractivity contribution < 1.29 is 24.1 Å². The highest BCUT2D eigenvalue weighted by atomic mass is 16.5. The Bertz CT molecular complexity index is 274. The summed E-state index contributed by atoms with van der Waals surface area (Å²) >= 11 is 0. The lowest BCUT2D eigenvalue weighted by atomic mass is 9.83. The minimum atomic E-state index is -0.663. The zero-order valence-corrected chi connectivity index (χ0v) is 13.3. The summed E-state index contributed by atoms with van der Waals surface area (Å²) < 4.78 is 16.3. The van der Waals surface area contributed by atoms with Crippen LogP contribution in [0.4, 0.5) is 0 Å². The molecular weight excluding hydrogens is 272 g/mol. The lowest BCUT2D eigenvalue weighted by Gasteiger charge is -2.23. The van der Waals surface area contributed by atoms with Gasteiger partial charge in [-0.2, -0.15) is 0 Å². The second-order valence-electron chi connectivity index (χ2n) is 5.73. The Labute approximate surface area is 128 Å². The van der Waals surface area contributed by atoms with Gasteiger partial charge < -0.3 is 19.3 Å². The normalized spacial score (nSPS) is 17.2. The first-order valence-electron chi connectivity index (χ1n) is 8.18. The molecule has 0 heterocycles. The van der Waals surface area contributed by atoms with Gasteiger partial charge in [0.25, 0.3) is 0 Å². The van der Waals surface area contributed by atoms with E-state index in [1.807, 2.05) is 0 Å². The molecule has 0 bridgehead atoms. The third-order valence-electron chi connectivity index (χ3n) is 4.13.